The zero-order valence-electron chi connectivity index (χ0n) is 10.6. The molecule has 0 N–H and O–H groups in total. The maximum atomic E-state index is 5.79. The second-order valence-electron chi connectivity index (χ2n) is 4.84. The molecule has 1 aromatic heterocycles. The van der Waals surface area contributed by atoms with E-state index in [9.17, 15) is 0 Å². The average Bonchev–Trinajstić information content (AvgIpc) is 3.18. The fraction of sp³-hybridized carbons (Fsp3) is 0.571. The van der Waals surface area contributed by atoms with Crippen molar-refractivity contribution >= 4 is 27.5 Å². The fourth-order valence-electron chi connectivity index (χ4n) is 1.71. The molecule has 1 aliphatic rings. The molecule has 0 radical (unpaired) electrons. The van der Waals surface area contributed by atoms with Crippen LogP contribution in [0.5, 0.6) is 5.75 Å². The molecule has 1 aromatic rings. The van der Waals surface area contributed by atoms with Crippen molar-refractivity contribution in [2.45, 2.75) is 37.0 Å². The third kappa shape index (κ3) is 4.41. The molecule has 3 heteroatoms. The van der Waals surface area contributed by atoms with Crippen molar-refractivity contribution in [2.75, 3.05) is 6.61 Å². The number of rotatable bonds is 7. The normalized spacial score (nSPS) is 14.6. The standard InChI is InChI=1S/C9H10NO.C4H9.CH2.Sn/c1-2-8(1)7-11-9-3-5-10-6-4-9;1-3-4-2;;/h3-5,8H,1-2,7H2;1,3-4H2,2H3;1H2;. The zero-order chi connectivity index (χ0) is 12.1. The summed E-state index contributed by atoms with van der Waals surface area (Å²) in [7, 11) is 0. The Morgan fingerprint density at radius 2 is 2.35 bits per heavy atom. The van der Waals surface area contributed by atoms with E-state index in [0.717, 1.165) is 18.3 Å². The Kier molecular flexibility index (Phi) is 5.01. The van der Waals surface area contributed by atoms with E-state index >= 15 is 0 Å². The number of unbranched alkanes of at least 4 members (excludes halogenated alkanes) is 1. The van der Waals surface area contributed by atoms with Gasteiger partial charge in [-0.2, -0.15) is 0 Å². The molecule has 1 heterocycles. The van der Waals surface area contributed by atoms with E-state index in [2.05, 4.69) is 22.5 Å². The van der Waals surface area contributed by atoms with Crippen molar-refractivity contribution in [3.8, 4) is 5.75 Å². The quantitative estimate of drug-likeness (QED) is 0.713. The van der Waals surface area contributed by atoms with Crippen molar-refractivity contribution in [1.29, 1.82) is 0 Å². The molecule has 0 saturated heterocycles. The third-order valence-corrected chi connectivity index (χ3v) is 8.69. The number of pyridine rings is 1. The molecule has 0 aliphatic heterocycles. The van der Waals surface area contributed by atoms with Crippen LogP contribution in [0.3, 0.4) is 0 Å². The number of ether oxygens (including phenoxy) is 1. The minimum absolute atomic E-state index is 0.810. The summed E-state index contributed by atoms with van der Waals surface area (Å²) in [5, 5.41) is 0. The molecule has 0 unspecified atom stereocenters. The molecule has 17 heavy (non-hydrogen) atoms. The molecule has 1 aliphatic carbocycles. The third-order valence-electron chi connectivity index (χ3n) is 3.11. The summed E-state index contributed by atoms with van der Waals surface area (Å²) >= 11 is -1.65. The van der Waals surface area contributed by atoms with Gasteiger partial charge in [0.1, 0.15) is 0 Å². The van der Waals surface area contributed by atoms with Gasteiger partial charge < -0.3 is 0 Å². The van der Waals surface area contributed by atoms with Gasteiger partial charge in [0.25, 0.3) is 0 Å². The van der Waals surface area contributed by atoms with E-state index in [1.54, 1.807) is 0 Å². The average molecular weight is 338 g/mol. The van der Waals surface area contributed by atoms with E-state index < -0.39 is 19.3 Å². The van der Waals surface area contributed by atoms with Crippen LogP contribution in [0.2, 0.25) is 4.44 Å². The van der Waals surface area contributed by atoms with Crippen LogP contribution < -0.4 is 8.45 Å². The van der Waals surface area contributed by atoms with E-state index in [-0.39, 0.29) is 0 Å². The van der Waals surface area contributed by atoms with Crippen LogP contribution >= 0.6 is 0 Å². The first-order chi connectivity index (χ1) is 8.29. The van der Waals surface area contributed by atoms with Crippen LogP contribution in [-0.4, -0.2) is 35.4 Å². The zero-order valence-corrected chi connectivity index (χ0v) is 13.5. The van der Waals surface area contributed by atoms with Gasteiger partial charge in [0, 0.05) is 0 Å². The Balaban J connectivity index is 1.92. The second kappa shape index (κ2) is 6.52. The molecule has 0 bridgehead atoms. The van der Waals surface area contributed by atoms with Crippen LogP contribution in [0.25, 0.3) is 0 Å². The first kappa shape index (κ1) is 13.1. The minimum atomic E-state index is -1.65. The van der Waals surface area contributed by atoms with Crippen LogP contribution in [0.1, 0.15) is 32.6 Å². The Bertz CT molecular complexity index is 388. The molecule has 0 amide bonds. The van der Waals surface area contributed by atoms with Gasteiger partial charge in [-0.3, -0.25) is 0 Å². The van der Waals surface area contributed by atoms with Gasteiger partial charge >= 0.3 is 111 Å². The molecule has 0 aromatic carbocycles. The summed E-state index contributed by atoms with van der Waals surface area (Å²) in [6.45, 7) is 3.12. The van der Waals surface area contributed by atoms with Gasteiger partial charge in [-0.15, -0.1) is 0 Å². The summed E-state index contributed by atoms with van der Waals surface area (Å²) < 4.78 is 12.7. The van der Waals surface area contributed by atoms with Gasteiger partial charge in [-0.25, -0.2) is 0 Å². The first-order valence-corrected chi connectivity index (χ1v) is 12.0. The molecule has 1 fully saturated rings. The molecular weight excluding hydrogens is 317 g/mol. The topological polar surface area (TPSA) is 22.1 Å². The molecular formula is C14H21NOSn. The van der Waals surface area contributed by atoms with Crippen molar-refractivity contribution in [2.24, 2.45) is 5.92 Å². The van der Waals surface area contributed by atoms with Crippen molar-refractivity contribution < 1.29 is 4.74 Å². The summed E-state index contributed by atoms with van der Waals surface area (Å²) in [4.78, 5) is 4.48. The van der Waals surface area contributed by atoms with Crippen molar-refractivity contribution in [1.82, 2.24) is 4.98 Å². The summed E-state index contributed by atoms with van der Waals surface area (Å²) in [6, 6.07) is 4.11. The monoisotopic (exact) mass is 339 g/mol. The van der Waals surface area contributed by atoms with Crippen LogP contribution in [0, 0.1) is 5.92 Å². The molecule has 2 nitrogen and oxygen atoms in total. The van der Waals surface area contributed by atoms with E-state index in [1.165, 1.54) is 33.8 Å². The van der Waals surface area contributed by atoms with E-state index in [1.807, 2.05) is 12.3 Å². The van der Waals surface area contributed by atoms with Gasteiger partial charge in [0.15, 0.2) is 0 Å². The fourth-order valence-corrected chi connectivity index (χ4v) is 6.39. The van der Waals surface area contributed by atoms with E-state index in [4.69, 9.17) is 4.74 Å². The summed E-state index contributed by atoms with van der Waals surface area (Å²) in [5.41, 5.74) is 0. The SMILES string of the molecule is [CH2]=[Sn]([CH2]CCC)[c]1cc(OCC2CC2)ccn1. The predicted octanol–water partition coefficient (Wildman–Crippen LogP) is 2.39. The number of hydrogen-bond acceptors (Lipinski definition) is 2. The van der Waals surface area contributed by atoms with Gasteiger partial charge in [-0.05, 0) is 0 Å². The number of hydrogen-bond donors (Lipinski definition) is 0. The Morgan fingerprint density at radius 3 is 3.06 bits per heavy atom. The Morgan fingerprint density at radius 1 is 1.53 bits per heavy atom. The summed E-state index contributed by atoms with van der Waals surface area (Å²) in [6.07, 6.45) is 7.12. The van der Waals surface area contributed by atoms with E-state index in [0.29, 0.717) is 0 Å². The van der Waals surface area contributed by atoms with Gasteiger partial charge in [0.2, 0.25) is 0 Å². The molecule has 0 spiro atoms. The van der Waals surface area contributed by atoms with Crippen LogP contribution in [0.15, 0.2) is 18.3 Å². The van der Waals surface area contributed by atoms with Gasteiger partial charge in [-0.1, -0.05) is 0 Å². The van der Waals surface area contributed by atoms with Crippen molar-refractivity contribution in [3.63, 3.8) is 0 Å². The second-order valence-corrected chi connectivity index (χ2v) is 11.2. The predicted molar refractivity (Wildman–Crippen MR) is 74.7 cm³/mol. The van der Waals surface area contributed by atoms with Crippen LogP contribution in [0.4, 0.5) is 0 Å². The Labute approximate surface area is 111 Å². The molecule has 0 atom stereocenters. The number of nitrogens with zero attached hydrogens (tertiary/aromatic N) is 1. The maximum absolute atomic E-state index is 5.79. The molecule has 1 saturated carbocycles. The Hall–Kier alpha value is -0.381. The summed E-state index contributed by atoms with van der Waals surface area (Å²) in [5.74, 6) is 1.81. The van der Waals surface area contributed by atoms with Gasteiger partial charge in [0.05, 0.1) is 0 Å². The molecule has 92 valence electrons. The van der Waals surface area contributed by atoms with Crippen molar-refractivity contribution in [3.05, 3.63) is 18.3 Å². The van der Waals surface area contributed by atoms with Crippen LogP contribution in [-0.2, 0) is 0 Å². The molecule has 2 rings (SSSR count). The first-order valence-electron chi connectivity index (χ1n) is 6.56. The number of aromatic nitrogens is 1.